The van der Waals surface area contributed by atoms with E-state index >= 15 is 0 Å². The van der Waals surface area contributed by atoms with Gasteiger partial charge in [0.25, 0.3) is 0 Å². The Morgan fingerprint density at radius 1 is 1.00 bits per heavy atom. The minimum Gasteiger partial charge on any atom is -0.455 e. The number of likely N-dealkylation sites (tertiary alicyclic amines) is 1. The highest BCUT2D eigenvalue weighted by Gasteiger charge is 2.92. The Morgan fingerprint density at radius 3 is 2.31 bits per heavy atom. The van der Waals surface area contributed by atoms with E-state index < -0.39 is 88.3 Å². The van der Waals surface area contributed by atoms with Crippen molar-refractivity contribution in [3.8, 4) is 0 Å². The van der Waals surface area contributed by atoms with Crippen molar-refractivity contribution < 1.29 is 53.3 Å². The van der Waals surface area contributed by atoms with Gasteiger partial charge in [-0.1, -0.05) is 18.2 Å². The second-order valence-electron chi connectivity index (χ2n) is 14.3. The molecule has 5 aliphatic carbocycles. The first-order valence-corrected chi connectivity index (χ1v) is 15.8. The molecule has 248 valence electrons. The van der Waals surface area contributed by atoms with Gasteiger partial charge in [-0.05, 0) is 31.5 Å². The van der Waals surface area contributed by atoms with Gasteiger partial charge in [-0.25, -0.2) is 4.79 Å². The second-order valence-corrected chi connectivity index (χ2v) is 14.3. The monoisotopic (exact) mass is 631 g/mol. The number of fused-ring (bicyclic) bond motifs is 2. The molecule has 3 N–H and O–H groups in total. The fraction of sp³-hybridized carbons (Fsp3) is 0.758. The minimum absolute atomic E-state index is 0.0754. The number of hydrogen-bond donors (Lipinski definition) is 3. The molecule has 15 atom stereocenters. The smallest absolute Gasteiger partial charge is 0.338 e. The second kappa shape index (κ2) is 10.4. The summed E-state index contributed by atoms with van der Waals surface area (Å²) in [6.45, 7) is 2.00. The fourth-order valence-electron chi connectivity index (χ4n) is 12.2. The zero-order valence-electron chi connectivity index (χ0n) is 26.6. The number of nitrogens with zero attached hydrogens (tertiary/aromatic N) is 1. The molecule has 7 bridgehead atoms. The Balaban J connectivity index is 1.52. The molecule has 0 aromatic heterocycles. The number of rotatable bonds is 8. The number of methoxy groups -OCH3 is 4. The van der Waals surface area contributed by atoms with Gasteiger partial charge in [0.2, 0.25) is 0 Å². The summed E-state index contributed by atoms with van der Waals surface area (Å²) in [5.74, 6) is -3.66. The standard InChI is InChI=1S/C33H45NO11/c1-16(35)45-33-21-18(13-31(39,28(43-6)26(33)37)27(21)44-29(38)17-10-8-7-9-11-17)32-20(41-4)12-19(36)30(15-40-3)14-34(2)25(32)22(33)23(42-5)24(30)32/h7-11,18-28,36-37,39H,12-15H2,1-6H3/t18?,19?,20?,21?,22?,23?,24?,25-,26-,27?,28?,30-,31+,32?,33+/m0/s1. The van der Waals surface area contributed by atoms with Crippen molar-refractivity contribution in [3.63, 3.8) is 0 Å². The third-order valence-electron chi connectivity index (χ3n) is 12.9. The SMILES string of the molecule is COC[C@]12CN(C)[C@H]3C4C(OC)C1C3(C(OC)CC2O)C1C[C@@]2(O)C(OC(=O)c3ccccc3)C1[C@]4(OC(C)=O)[C@@H](O)C2OC. The Labute approximate surface area is 262 Å². The van der Waals surface area contributed by atoms with Crippen LogP contribution in [-0.4, -0.2) is 135 Å². The molecule has 5 saturated carbocycles. The van der Waals surface area contributed by atoms with Crippen LogP contribution in [0.1, 0.15) is 30.1 Å². The highest BCUT2D eigenvalue weighted by Crippen LogP contribution is 2.80. The molecule has 6 aliphatic rings. The van der Waals surface area contributed by atoms with E-state index in [1.807, 2.05) is 7.05 Å². The van der Waals surface area contributed by atoms with Crippen LogP contribution >= 0.6 is 0 Å². The van der Waals surface area contributed by atoms with Crippen LogP contribution in [0.5, 0.6) is 0 Å². The van der Waals surface area contributed by atoms with Crippen LogP contribution < -0.4 is 0 Å². The van der Waals surface area contributed by atoms with E-state index in [4.69, 9.17) is 28.4 Å². The van der Waals surface area contributed by atoms with Gasteiger partial charge in [-0.3, -0.25) is 4.79 Å². The molecule has 1 spiro atoms. The van der Waals surface area contributed by atoms with Crippen molar-refractivity contribution in [1.29, 1.82) is 0 Å². The third kappa shape index (κ3) is 3.55. The van der Waals surface area contributed by atoms with Crippen molar-refractivity contribution in [1.82, 2.24) is 4.90 Å². The molecule has 10 unspecified atom stereocenters. The summed E-state index contributed by atoms with van der Waals surface area (Å²) in [7, 11) is 8.20. The van der Waals surface area contributed by atoms with E-state index in [1.165, 1.54) is 14.0 Å². The van der Waals surface area contributed by atoms with E-state index in [-0.39, 0.29) is 25.0 Å². The molecule has 12 heteroatoms. The number of aliphatic hydroxyl groups is 3. The van der Waals surface area contributed by atoms with E-state index in [9.17, 15) is 24.9 Å². The predicted molar refractivity (Wildman–Crippen MR) is 156 cm³/mol. The lowest BCUT2D eigenvalue weighted by molar-refractivity contribution is -0.321. The number of esters is 2. The van der Waals surface area contributed by atoms with Gasteiger partial charge >= 0.3 is 11.9 Å². The van der Waals surface area contributed by atoms with Gasteiger partial charge in [0, 0.05) is 83.0 Å². The lowest BCUT2D eigenvalue weighted by Gasteiger charge is -2.70. The molecule has 45 heavy (non-hydrogen) atoms. The quantitative estimate of drug-likeness (QED) is 0.337. The normalized spacial score (nSPS) is 50.7. The molecule has 1 aromatic carbocycles. The lowest BCUT2D eigenvalue weighted by atomic mass is 9.42. The van der Waals surface area contributed by atoms with Crippen LogP contribution in [0.25, 0.3) is 0 Å². The summed E-state index contributed by atoms with van der Waals surface area (Å²) >= 11 is 0. The molecule has 1 aliphatic heterocycles. The zero-order chi connectivity index (χ0) is 32.3. The summed E-state index contributed by atoms with van der Waals surface area (Å²) < 4.78 is 37.2. The van der Waals surface area contributed by atoms with E-state index in [0.29, 0.717) is 18.5 Å². The summed E-state index contributed by atoms with van der Waals surface area (Å²) in [6, 6.07) is 8.15. The number of hydrogen-bond acceptors (Lipinski definition) is 12. The molecule has 1 aromatic rings. The van der Waals surface area contributed by atoms with Crippen LogP contribution in [-0.2, 0) is 33.2 Å². The number of piperidine rings is 1. The first-order chi connectivity index (χ1) is 21.4. The Kier molecular flexibility index (Phi) is 7.28. The van der Waals surface area contributed by atoms with Gasteiger partial charge < -0.3 is 48.6 Å². The van der Waals surface area contributed by atoms with Crippen molar-refractivity contribution >= 4 is 11.9 Å². The largest absolute Gasteiger partial charge is 0.455 e. The number of ether oxygens (including phenoxy) is 6. The fourth-order valence-corrected chi connectivity index (χ4v) is 12.2. The molecular formula is C33H45NO11. The number of benzene rings is 1. The van der Waals surface area contributed by atoms with Gasteiger partial charge in [0.1, 0.15) is 23.9 Å². The Bertz CT molecular complexity index is 1350. The zero-order valence-corrected chi connectivity index (χ0v) is 26.6. The number of carbonyl (C=O) groups is 2. The van der Waals surface area contributed by atoms with Gasteiger partial charge in [-0.15, -0.1) is 0 Å². The van der Waals surface area contributed by atoms with Crippen LogP contribution in [0, 0.1) is 34.5 Å². The number of carbonyl (C=O) groups excluding carboxylic acids is 2. The summed E-state index contributed by atoms with van der Waals surface area (Å²) in [5, 5.41) is 37.0. The lowest BCUT2D eigenvalue weighted by Crippen LogP contribution is -2.81. The van der Waals surface area contributed by atoms with Crippen molar-refractivity contribution in [2.24, 2.45) is 34.5 Å². The summed E-state index contributed by atoms with van der Waals surface area (Å²) in [6.07, 6.45) is -5.50. The maximum atomic E-state index is 13.7. The molecule has 1 heterocycles. The molecule has 1 saturated heterocycles. The van der Waals surface area contributed by atoms with Crippen LogP contribution in [0.2, 0.25) is 0 Å². The molecule has 0 radical (unpaired) electrons. The van der Waals surface area contributed by atoms with Crippen LogP contribution in [0.4, 0.5) is 0 Å². The van der Waals surface area contributed by atoms with Crippen molar-refractivity contribution in [2.45, 2.75) is 73.6 Å². The average Bonchev–Trinajstić information content (AvgIpc) is 3.40. The van der Waals surface area contributed by atoms with Crippen LogP contribution in [0.15, 0.2) is 30.3 Å². The van der Waals surface area contributed by atoms with Gasteiger partial charge in [0.05, 0.1) is 30.5 Å². The van der Waals surface area contributed by atoms with E-state index in [0.717, 1.165) is 0 Å². The highest BCUT2D eigenvalue weighted by molar-refractivity contribution is 5.89. The first kappa shape index (κ1) is 31.4. The van der Waals surface area contributed by atoms with Gasteiger partial charge in [0.15, 0.2) is 5.60 Å². The third-order valence-corrected chi connectivity index (χ3v) is 12.9. The topological polar surface area (TPSA) is 153 Å². The highest BCUT2D eigenvalue weighted by atomic mass is 16.6. The maximum Gasteiger partial charge on any atom is 0.338 e. The van der Waals surface area contributed by atoms with Gasteiger partial charge in [-0.2, -0.15) is 0 Å². The molecule has 6 fully saturated rings. The molecule has 12 nitrogen and oxygen atoms in total. The van der Waals surface area contributed by atoms with E-state index in [2.05, 4.69) is 4.90 Å². The summed E-state index contributed by atoms with van der Waals surface area (Å²) in [5.41, 5.74) is -4.79. The molecule has 7 rings (SSSR count). The number of aliphatic hydroxyl groups excluding tert-OH is 2. The van der Waals surface area contributed by atoms with Crippen LogP contribution in [0.3, 0.4) is 0 Å². The maximum absolute atomic E-state index is 13.7. The Morgan fingerprint density at radius 2 is 1.71 bits per heavy atom. The molecular weight excluding hydrogens is 586 g/mol. The average molecular weight is 632 g/mol. The minimum atomic E-state index is -1.83. The first-order valence-electron chi connectivity index (χ1n) is 15.8. The summed E-state index contributed by atoms with van der Waals surface area (Å²) in [4.78, 5) is 29.1. The molecule has 0 amide bonds. The van der Waals surface area contributed by atoms with Crippen molar-refractivity contribution in [3.05, 3.63) is 35.9 Å². The van der Waals surface area contributed by atoms with E-state index in [1.54, 1.807) is 51.7 Å². The van der Waals surface area contributed by atoms with Crippen molar-refractivity contribution in [2.75, 3.05) is 48.6 Å². The Hall–Kier alpha value is -2.16. The predicted octanol–water partition coefficient (Wildman–Crippen LogP) is 0.258.